The summed E-state index contributed by atoms with van der Waals surface area (Å²) in [6.45, 7) is 5.44. The molecule has 68 valence electrons. The summed E-state index contributed by atoms with van der Waals surface area (Å²) >= 11 is 3.46. The quantitative estimate of drug-likeness (QED) is 0.416. The van der Waals surface area contributed by atoms with Crippen molar-refractivity contribution >= 4 is 15.9 Å². The fourth-order valence-electron chi connectivity index (χ4n) is 1.21. The predicted molar refractivity (Wildman–Crippen MR) is 45.4 cm³/mol. The molecule has 4 heteroatoms. The number of rotatable bonds is 2. The number of ether oxygens (including phenoxy) is 1. The Kier molecular flexibility index (Phi) is 5.95. The van der Waals surface area contributed by atoms with Crippen molar-refractivity contribution in [3.63, 3.8) is 0 Å². The molecule has 0 bridgehead atoms. The minimum atomic E-state index is 0. The Balaban J connectivity index is 0.000001000. The van der Waals surface area contributed by atoms with Crippen molar-refractivity contribution in [1.29, 1.82) is 0 Å². The standard InChI is InChI=1S/C7H15BrNO.BrH/c1-9(3-2-8)4-6-10-7-5-9;/h2-7H2,1H3;1H/q+1;/p-1. The Morgan fingerprint density at radius 2 is 1.91 bits per heavy atom. The van der Waals surface area contributed by atoms with Gasteiger partial charge in [0.05, 0.1) is 32.1 Å². The summed E-state index contributed by atoms with van der Waals surface area (Å²) in [7, 11) is 2.30. The topological polar surface area (TPSA) is 9.23 Å². The maximum absolute atomic E-state index is 5.28. The third-order valence-corrected chi connectivity index (χ3v) is 2.53. The first kappa shape index (κ1) is 11.9. The second-order valence-corrected chi connectivity index (χ2v) is 3.88. The van der Waals surface area contributed by atoms with Crippen LogP contribution in [0.2, 0.25) is 0 Å². The summed E-state index contributed by atoms with van der Waals surface area (Å²) in [5.41, 5.74) is 0. The minimum Gasteiger partial charge on any atom is -1.00 e. The van der Waals surface area contributed by atoms with E-state index in [9.17, 15) is 0 Å². The van der Waals surface area contributed by atoms with Crippen LogP contribution in [-0.4, -0.2) is 49.7 Å². The van der Waals surface area contributed by atoms with E-state index in [0.717, 1.165) is 18.5 Å². The summed E-state index contributed by atoms with van der Waals surface area (Å²) in [6, 6.07) is 0. The number of likely N-dealkylation sites (N-methyl/N-ethyl adjacent to an activating group) is 1. The molecule has 2 nitrogen and oxygen atoms in total. The second-order valence-electron chi connectivity index (χ2n) is 3.09. The molecule has 1 rings (SSSR count). The Morgan fingerprint density at radius 3 is 2.36 bits per heavy atom. The maximum Gasteiger partial charge on any atom is 0.102 e. The lowest BCUT2D eigenvalue weighted by Gasteiger charge is -2.36. The maximum atomic E-state index is 5.28. The lowest BCUT2D eigenvalue weighted by Crippen LogP contribution is -3.00. The third-order valence-electron chi connectivity index (χ3n) is 2.18. The van der Waals surface area contributed by atoms with Crippen LogP contribution < -0.4 is 17.0 Å². The molecule has 0 atom stereocenters. The highest BCUT2D eigenvalue weighted by Gasteiger charge is 2.23. The summed E-state index contributed by atoms with van der Waals surface area (Å²) in [6.07, 6.45) is 0. The Bertz CT molecular complexity index is 99.1. The molecule has 1 aliphatic rings. The van der Waals surface area contributed by atoms with E-state index in [1.54, 1.807) is 0 Å². The van der Waals surface area contributed by atoms with E-state index in [2.05, 4.69) is 23.0 Å². The van der Waals surface area contributed by atoms with Gasteiger partial charge in [-0.3, -0.25) is 0 Å². The highest BCUT2D eigenvalue weighted by molar-refractivity contribution is 9.09. The van der Waals surface area contributed by atoms with Crippen LogP contribution in [0.1, 0.15) is 0 Å². The molecule has 1 saturated heterocycles. The first-order valence-corrected chi connectivity index (χ1v) is 4.86. The molecule has 0 aliphatic carbocycles. The number of alkyl halides is 1. The molecule has 0 spiro atoms. The zero-order valence-corrected chi connectivity index (χ0v) is 10.0. The van der Waals surface area contributed by atoms with Crippen molar-refractivity contribution in [3.05, 3.63) is 0 Å². The normalized spacial score (nSPS) is 22.4. The van der Waals surface area contributed by atoms with Crippen molar-refractivity contribution in [2.75, 3.05) is 45.2 Å². The van der Waals surface area contributed by atoms with Gasteiger partial charge in [0.15, 0.2) is 0 Å². The molecule has 1 heterocycles. The second kappa shape index (κ2) is 5.51. The lowest BCUT2D eigenvalue weighted by molar-refractivity contribution is -0.914. The van der Waals surface area contributed by atoms with E-state index in [0.29, 0.717) is 0 Å². The predicted octanol–water partition coefficient (Wildman–Crippen LogP) is -2.14. The molecule has 11 heavy (non-hydrogen) atoms. The van der Waals surface area contributed by atoms with Crippen LogP contribution in [0.25, 0.3) is 0 Å². The van der Waals surface area contributed by atoms with Gasteiger partial charge in [-0.2, -0.15) is 0 Å². The van der Waals surface area contributed by atoms with E-state index < -0.39 is 0 Å². The fourth-order valence-corrected chi connectivity index (χ4v) is 2.07. The highest BCUT2D eigenvalue weighted by Crippen LogP contribution is 2.07. The molecule has 0 aromatic heterocycles. The molecule has 0 unspecified atom stereocenters. The fraction of sp³-hybridized carbons (Fsp3) is 1.00. The molecule has 0 aromatic carbocycles. The summed E-state index contributed by atoms with van der Waals surface area (Å²) in [4.78, 5) is 0. The molecule has 1 fully saturated rings. The van der Waals surface area contributed by atoms with Gasteiger partial charge in [0.1, 0.15) is 13.1 Å². The van der Waals surface area contributed by atoms with E-state index in [1.165, 1.54) is 24.1 Å². The van der Waals surface area contributed by atoms with E-state index >= 15 is 0 Å². The van der Waals surface area contributed by atoms with Crippen LogP contribution in [0.3, 0.4) is 0 Å². The third kappa shape index (κ3) is 3.87. The Hall–Kier alpha value is 0.880. The van der Waals surface area contributed by atoms with Crippen LogP contribution >= 0.6 is 15.9 Å². The monoisotopic (exact) mass is 287 g/mol. The SMILES string of the molecule is C[N+]1(CCBr)CCOCC1.[Br-]. The van der Waals surface area contributed by atoms with Crippen molar-refractivity contribution in [2.24, 2.45) is 0 Å². The number of hydrogen-bond donors (Lipinski definition) is 0. The highest BCUT2D eigenvalue weighted by atomic mass is 79.9. The molecule has 0 aromatic rings. The number of hydrogen-bond acceptors (Lipinski definition) is 1. The molecule has 0 N–H and O–H groups in total. The van der Waals surface area contributed by atoms with E-state index in [-0.39, 0.29) is 17.0 Å². The number of nitrogens with zero attached hydrogens (tertiary/aromatic N) is 1. The minimum absolute atomic E-state index is 0. The van der Waals surface area contributed by atoms with Crippen LogP contribution in [0, 0.1) is 0 Å². The van der Waals surface area contributed by atoms with Gasteiger partial charge >= 0.3 is 0 Å². The van der Waals surface area contributed by atoms with Crippen LogP contribution in [0.5, 0.6) is 0 Å². The van der Waals surface area contributed by atoms with Crippen LogP contribution in [0.4, 0.5) is 0 Å². The van der Waals surface area contributed by atoms with Gasteiger partial charge in [-0.1, -0.05) is 15.9 Å². The molecule has 0 radical (unpaired) electrons. The first-order chi connectivity index (χ1) is 4.77. The summed E-state index contributed by atoms with van der Waals surface area (Å²) in [5, 5.41) is 1.10. The summed E-state index contributed by atoms with van der Waals surface area (Å²) < 4.78 is 6.45. The van der Waals surface area contributed by atoms with E-state index in [1.807, 2.05) is 0 Å². The Morgan fingerprint density at radius 1 is 1.36 bits per heavy atom. The van der Waals surface area contributed by atoms with Gasteiger partial charge in [-0.05, 0) is 0 Å². The van der Waals surface area contributed by atoms with E-state index in [4.69, 9.17) is 4.74 Å². The van der Waals surface area contributed by atoms with Gasteiger partial charge in [0.25, 0.3) is 0 Å². The van der Waals surface area contributed by atoms with Crippen LogP contribution in [0.15, 0.2) is 0 Å². The molecular formula is C7H15Br2NO. The van der Waals surface area contributed by atoms with Gasteiger partial charge in [-0.25, -0.2) is 0 Å². The van der Waals surface area contributed by atoms with Crippen molar-refractivity contribution in [2.45, 2.75) is 0 Å². The molecule has 1 aliphatic heterocycles. The van der Waals surface area contributed by atoms with Gasteiger partial charge in [0.2, 0.25) is 0 Å². The van der Waals surface area contributed by atoms with Crippen LogP contribution in [-0.2, 0) is 4.74 Å². The average molecular weight is 289 g/mol. The first-order valence-electron chi connectivity index (χ1n) is 3.74. The zero-order valence-electron chi connectivity index (χ0n) is 6.85. The van der Waals surface area contributed by atoms with Gasteiger partial charge < -0.3 is 26.2 Å². The lowest BCUT2D eigenvalue weighted by atomic mass is 10.3. The molecular weight excluding hydrogens is 274 g/mol. The van der Waals surface area contributed by atoms with Crippen molar-refractivity contribution < 1.29 is 26.2 Å². The van der Waals surface area contributed by atoms with Gasteiger partial charge in [-0.15, -0.1) is 0 Å². The number of morpholine rings is 1. The number of halogens is 2. The number of quaternary nitrogens is 1. The zero-order chi connectivity index (χ0) is 7.45. The van der Waals surface area contributed by atoms with Crippen molar-refractivity contribution in [3.8, 4) is 0 Å². The Labute approximate surface area is 87.4 Å². The average Bonchev–Trinajstić information content (AvgIpc) is 1.89. The molecule has 0 amide bonds. The molecule has 0 saturated carbocycles. The smallest absolute Gasteiger partial charge is 0.102 e. The van der Waals surface area contributed by atoms with Gasteiger partial charge in [0, 0.05) is 0 Å². The summed E-state index contributed by atoms with van der Waals surface area (Å²) in [5.74, 6) is 0. The largest absolute Gasteiger partial charge is 1.00 e. The van der Waals surface area contributed by atoms with Crippen molar-refractivity contribution in [1.82, 2.24) is 0 Å².